The highest BCUT2D eigenvalue weighted by molar-refractivity contribution is 5.94. The van der Waals surface area contributed by atoms with E-state index in [4.69, 9.17) is 0 Å². The molecule has 2 aromatic rings. The highest BCUT2D eigenvalue weighted by atomic mass is 19.4. The van der Waals surface area contributed by atoms with E-state index < -0.39 is 17.7 Å². The number of piperidine rings is 1. The highest BCUT2D eigenvalue weighted by Crippen LogP contribution is 2.36. The molecule has 1 aromatic heterocycles. The molecular weight excluding hydrogens is 373 g/mol. The van der Waals surface area contributed by atoms with Crippen molar-refractivity contribution in [3.05, 3.63) is 51.3 Å². The van der Waals surface area contributed by atoms with Gasteiger partial charge >= 0.3 is 6.18 Å². The largest absolute Gasteiger partial charge is 0.416 e. The van der Waals surface area contributed by atoms with E-state index in [9.17, 15) is 22.8 Å². The maximum atomic E-state index is 12.8. The van der Waals surface area contributed by atoms with Crippen LogP contribution in [-0.2, 0) is 11.0 Å². The number of carbonyl (C=O) groups is 1. The first-order valence-corrected chi connectivity index (χ1v) is 9.19. The van der Waals surface area contributed by atoms with Crippen molar-refractivity contribution >= 4 is 17.7 Å². The molecule has 1 aromatic carbocycles. The van der Waals surface area contributed by atoms with Gasteiger partial charge in [0.2, 0.25) is 11.9 Å². The summed E-state index contributed by atoms with van der Waals surface area (Å²) in [4.78, 5) is 34.2. The van der Waals surface area contributed by atoms with Crippen LogP contribution in [0.25, 0.3) is 0 Å². The molecule has 9 heteroatoms. The Morgan fingerprint density at radius 1 is 1.04 bits per heavy atom. The number of hydrogen-bond acceptors (Lipinski definition) is 4. The van der Waals surface area contributed by atoms with Crippen molar-refractivity contribution in [1.29, 1.82) is 0 Å². The zero-order valence-corrected chi connectivity index (χ0v) is 15.0. The van der Waals surface area contributed by atoms with Crippen LogP contribution in [0, 0.1) is 0 Å². The summed E-state index contributed by atoms with van der Waals surface area (Å²) >= 11 is 0. The molecule has 0 radical (unpaired) electrons. The molecule has 2 aliphatic rings. The van der Waals surface area contributed by atoms with E-state index in [2.05, 4.69) is 15.3 Å². The summed E-state index contributed by atoms with van der Waals surface area (Å²) in [6.07, 6.45) is -1.34. The summed E-state index contributed by atoms with van der Waals surface area (Å²) < 4.78 is 38.4. The van der Waals surface area contributed by atoms with Gasteiger partial charge in [0.05, 0.1) is 11.1 Å². The van der Waals surface area contributed by atoms with E-state index in [-0.39, 0.29) is 29.3 Å². The third kappa shape index (κ3) is 3.48. The average Bonchev–Trinajstić information content (AvgIpc) is 2.67. The van der Waals surface area contributed by atoms with Gasteiger partial charge in [0.15, 0.2) is 0 Å². The molecule has 4 rings (SSSR count). The van der Waals surface area contributed by atoms with Crippen molar-refractivity contribution in [3.63, 3.8) is 0 Å². The van der Waals surface area contributed by atoms with Gasteiger partial charge in [0, 0.05) is 25.4 Å². The topological polar surface area (TPSA) is 78.1 Å². The van der Waals surface area contributed by atoms with E-state index in [0.717, 1.165) is 44.5 Å². The van der Waals surface area contributed by atoms with Crippen LogP contribution >= 0.6 is 0 Å². The fourth-order valence-electron chi connectivity index (χ4n) is 3.80. The molecule has 1 amide bonds. The van der Waals surface area contributed by atoms with Crippen LogP contribution in [0.2, 0.25) is 0 Å². The Bertz CT molecular complexity index is 947. The maximum Gasteiger partial charge on any atom is 0.416 e. The molecular formula is C19H19F3N4O2. The second kappa shape index (κ2) is 6.96. The van der Waals surface area contributed by atoms with Crippen molar-refractivity contribution in [2.75, 3.05) is 23.3 Å². The lowest BCUT2D eigenvalue weighted by atomic mass is 9.86. The molecule has 2 N–H and O–H groups in total. The van der Waals surface area contributed by atoms with Gasteiger partial charge in [-0.2, -0.15) is 18.2 Å². The molecule has 1 fully saturated rings. The van der Waals surface area contributed by atoms with Crippen molar-refractivity contribution in [2.45, 2.75) is 37.8 Å². The highest BCUT2D eigenvalue weighted by Gasteiger charge is 2.33. The number of H-pyrrole nitrogens is 1. The number of halogens is 3. The Labute approximate surface area is 158 Å². The predicted molar refractivity (Wildman–Crippen MR) is 97.5 cm³/mol. The van der Waals surface area contributed by atoms with Gasteiger partial charge in [-0.3, -0.25) is 14.6 Å². The Morgan fingerprint density at radius 2 is 1.71 bits per heavy atom. The summed E-state index contributed by atoms with van der Waals surface area (Å²) in [7, 11) is 0. The summed E-state index contributed by atoms with van der Waals surface area (Å²) in [5.41, 5.74) is -0.401. The smallest absolute Gasteiger partial charge is 0.342 e. The van der Waals surface area contributed by atoms with Gasteiger partial charge in [-0.05, 0) is 37.0 Å². The number of aromatic nitrogens is 2. The van der Waals surface area contributed by atoms with E-state index in [1.807, 2.05) is 4.90 Å². The monoisotopic (exact) mass is 392 g/mol. The molecule has 0 spiro atoms. The van der Waals surface area contributed by atoms with E-state index in [0.29, 0.717) is 11.5 Å². The molecule has 0 bridgehead atoms. The number of aromatic amines is 1. The first kappa shape index (κ1) is 18.5. The summed E-state index contributed by atoms with van der Waals surface area (Å²) in [6.45, 7) is 1.55. The molecule has 148 valence electrons. The minimum absolute atomic E-state index is 0.0216. The van der Waals surface area contributed by atoms with Crippen LogP contribution in [0.4, 0.5) is 24.9 Å². The summed E-state index contributed by atoms with van der Waals surface area (Å²) in [6, 6.07) is 4.55. The number of carbonyl (C=O) groups excluding carboxylic acids is 1. The van der Waals surface area contributed by atoms with Gasteiger partial charge in [-0.1, -0.05) is 12.1 Å². The lowest BCUT2D eigenvalue weighted by Crippen LogP contribution is -2.36. The van der Waals surface area contributed by atoms with E-state index in [1.165, 1.54) is 12.1 Å². The number of amides is 1. The zero-order valence-electron chi connectivity index (χ0n) is 15.0. The third-order valence-electron chi connectivity index (χ3n) is 5.23. The lowest BCUT2D eigenvalue weighted by Gasteiger charge is -2.29. The van der Waals surface area contributed by atoms with Crippen LogP contribution in [0.15, 0.2) is 29.1 Å². The fourth-order valence-corrected chi connectivity index (χ4v) is 3.80. The molecule has 2 aliphatic heterocycles. The molecule has 1 saturated heterocycles. The minimum atomic E-state index is -4.44. The average molecular weight is 392 g/mol. The second-order valence-corrected chi connectivity index (χ2v) is 7.12. The van der Waals surface area contributed by atoms with Gasteiger partial charge in [0.25, 0.3) is 5.56 Å². The maximum absolute atomic E-state index is 12.8. The van der Waals surface area contributed by atoms with Crippen molar-refractivity contribution < 1.29 is 18.0 Å². The van der Waals surface area contributed by atoms with Crippen LogP contribution < -0.4 is 15.8 Å². The van der Waals surface area contributed by atoms with Gasteiger partial charge < -0.3 is 10.2 Å². The number of alkyl halides is 3. The quantitative estimate of drug-likeness (QED) is 0.823. The number of hydrogen-bond donors (Lipinski definition) is 2. The fraction of sp³-hybridized carbons (Fsp3) is 0.421. The molecule has 1 unspecified atom stereocenters. The Morgan fingerprint density at radius 3 is 2.36 bits per heavy atom. The first-order valence-electron chi connectivity index (χ1n) is 9.19. The molecule has 6 nitrogen and oxygen atoms in total. The molecule has 0 saturated carbocycles. The Hall–Kier alpha value is -2.84. The standard InChI is InChI=1S/C19H19F3N4O2/c20-19(21,22)12-6-4-11(5-7-12)13-10-14(27)23-16-15(13)17(28)25-18(24-16)26-8-2-1-3-9-26/h4-7,13H,1-3,8-10H2,(H2,23,24,25,27,28). The molecule has 28 heavy (non-hydrogen) atoms. The van der Waals surface area contributed by atoms with Gasteiger partial charge in [-0.15, -0.1) is 0 Å². The minimum Gasteiger partial charge on any atom is -0.342 e. The van der Waals surface area contributed by atoms with Gasteiger partial charge in [-0.25, -0.2) is 0 Å². The Balaban J connectivity index is 1.72. The zero-order chi connectivity index (χ0) is 19.9. The number of anilines is 2. The van der Waals surface area contributed by atoms with Crippen LogP contribution in [0.5, 0.6) is 0 Å². The number of rotatable bonds is 2. The SMILES string of the molecule is O=C1CC(c2ccc(C(F)(F)F)cc2)c2c(nc(N3CCCCC3)[nH]c2=O)N1. The predicted octanol–water partition coefficient (Wildman–Crippen LogP) is 3.25. The van der Waals surface area contributed by atoms with E-state index >= 15 is 0 Å². The second-order valence-electron chi connectivity index (χ2n) is 7.12. The van der Waals surface area contributed by atoms with Crippen molar-refractivity contribution in [2.24, 2.45) is 0 Å². The third-order valence-corrected chi connectivity index (χ3v) is 5.23. The van der Waals surface area contributed by atoms with Crippen molar-refractivity contribution in [3.8, 4) is 0 Å². The number of benzene rings is 1. The van der Waals surface area contributed by atoms with Crippen molar-refractivity contribution in [1.82, 2.24) is 9.97 Å². The number of nitrogens with one attached hydrogen (secondary N) is 2. The van der Waals surface area contributed by atoms with Crippen LogP contribution in [0.1, 0.15) is 48.3 Å². The Kier molecular flexibility index (Phi) is 4.60. The normalized spacial score (nSPS) is 19.9. The summed E-state index contributed by atoms with van der Waals surface area (Å²) in [5, 5.41) is 2.64. The lowest BCUT2D eigenvalue weighted by molar-refractivity contribution is -0.137. The summed E-state index contributed by atoms with van der Waals surface area (Å²) in [5.74, 6) is -0.361. The first-order chi connectivity index (χ1) is 13.3. The molecule has 1 atom stereocenters. The van der Waals surface area contributed by atoms with Crippen LogP contribution in [0.3, 0.4) is 0 Å². The number of nitrogens with zero attached hydrogens (tertiary/aromatic N) is 2. The molecule has 3 heterocycles. The number of fused-ring (bicyclic) bond motifs is 1. The van der Waals surface area contributed by atoms with Crippen LogP contribution in [-0.4, -0.2) is 29.0 Å². The van der Waals surface area contributed by atoms with Gasteiger partial charge in [0.1, 0.15) is 5.82 Å². The molecule has 0 aliphatic carbocycles. The van der Waals surface area contributed by atoms with E-state index in [1.54, 1.807) is 0 Å².